The van der Waals surface area contributed by atoms with Gasteiger partial charge in [0.2, 0.25) is 5.89 Å². The van der Waals surface area contributed by atoms with Crippen molar-refractivity contribution in [2.45, 2.75) is 0 Å². The molecule has 0 aliphatic rings. The molecule has 0 N–H and O–H groups in total. The van der Waals surface area contributed by atoms with Crippen molar-refractivity contribution in [1.82, 2.24) is 4.98 Å². The molecule has 0 amide bonds. The Bertz CT molecular complexity index is 676. The first-order chi connectivity index (χ1) is 8.24. The van der Waals surface area contributed by atoms with Crippen molar-refractivity contribution in [2.75, 3.05) is 0 Å². The Labute approximate surface area is 108 Å². The normalized spacial score (nSPS) is 10.9. The van der Waals surface area contributed by atoms with Crippen molar-refractivity contribution >= 4 is 34.3 Å². The van der Waals surface area contributed by atoms with Crippen molar-refractivity contribution in [3.05, 3.63) is 52.5 Å². The van der Waals surface area contributed by atoms with Gasteiger partial charge in [-0.3, -0.25) is 0 Å². The van der Waals surface area contributed by atoms with Crippen LogP contribution in [0.5, 0.6) is 0 Å². The summed E-state index contributed by atoms with van der Waals surface area (Å²) in [7, 11) is 0. The predicted octanol–water partition coefficient (Wildman–Crippen LogP) is 4.80. The molecule has 3 aromatic rings. The molecule has 2 nitrogen and oxygen atoms in total. The minimum atomic E-state index is 0.474. The Morgan fingerprint density at radius 3 is 2.53 bits per heavy atom. The summed E-state index contributed by atoms with van der Waals surface area (Å²) in [5.74, 6) is 0.546. The largest absolute Gasteiger partial charge is 0.435 e. The second kappa shape index (κ2) is 4.06. The third-order valence-corrected chi connectivity index (χ3v) is 2.93. The highest BCUT2D eigenvalue weighted by molar-refractivity contribution is 6.38. The minimum Gasteiger partial charge on any atom is -0.435 e. The predicted molar refractivity (Wildman–Crippen MR) is 69.5 cm³/mol. The summed E-state index contributed by atoms with van der Waals surface area (Å²) in [6, 6.07) is 13.0. The molecule has 0 unspecified atom stereocenters. The number of hydrogen-bond donors (Lipinski definition) is 0. The molecule has 1 heterocycles. The zero-order chi connectivity index (χ0) is 11.8. The summed E-state index contributed by atoms with van der Waals surface area (Å²) in [6.07, 6.45) is 0. The Kier molecular flexibility index (Phi) is 2.54. The van der Waals surface area contributed by atoms with Crippen LogP contribution >= 0.6 is 23.2 Å². The molecular formula is C13H7Cl2NO. The summed E-state index contributed by atoms with van der Waals surface area (Å²) in [4.78, 5) is 4.37. The quantitative estimate of drug-likeness (QED) is 0.630. The smallest absolute Gasteiger partial charge is 0.227 e. The second-order valence-corrected chi connectivity index (χ2v) is 4.46. The Morgan fingerprint density at radius 1 is 1.00 bits per heavy atom. The van der Waals surface area contributed by atoms with Gasteiger partial charge in [-0.1, -0.05) is 41.4 Å². The van der Waals surface area contributed by atoms with Gasteiger partial charge in [0.25, 0.3) is 0 Å². The van der Waals surface area contributed by atoms with Gasteiger partial charge in [0.05, 0.1) is 5.02 Å². The molecule has 0 aliphatic carbocycles. The molecule has 0 atom stereocenters. The van der Waals surface area contributed by atoms with Gasteiger partial charge < -0.3 is 4.42 Å². The van der Waals surface area contributed by atoms with E-state index in [1.54, 1.807) is 12.1 Å². The van der Waals surface area contributed by atoms with E-state index in [-0.39, 0.29) is 0 Å². The molecule has 84 valence electrons. The Balaban J connectivity index is 2.24. The van der Waals surface area contributed by atoms with E-state index in [0.29, 0.717) is 27.0 Å². The number of nitrogens with zero attached hydrogens (tertiary/aromatic N) is 1. The number of hydrogen-bond acceptors (Lipinski definition) is 2. The first-order valence-electron chi connectivity index (χ1n) is 5.05. The van der Waals surface area contributed by atoms with Crippen LogP contribution in [0.15, 0.2) is 46.9 Å². The van der Waals surface area contributed by atoms with Crippen LogP contribution in [-0.2, 0) is 0 Å². The molecule has 1 aromatic heterocycles. The van der Waals surface area contributed by atoms with Gasteiger partial charge in [-0.15, -0.1) is 0 Å². The lowest BCUT2D eigenvalue weighted by molar-refractivity contribution is 0.620. The van der Waals surface area contributed by atoms with Gasteiger partial charge in [0, 0.05) is 10.6 Å². The highest BCUT2D eigenvalue weighted by atomic mass is 35.5. The molecule has 17 heavy (non-hydrogen) atoms. The van der Waals surface area contributed by atoms with Crippen molar-refractivity contribution in [3.8, 4) is 11.5 Å². The summed E-state index contributed by atoms with van der Waals surface area (Å²) in [5.41, 5.74) is 2.15. The fraction of sp³-hybridized carbons (Fsp3) is 0. The van der Waals surface area contributed by atoms with Crippen LogP contribution in [0, 0.1) is 0 Å². The maximum atomic E-state index is 6.04. The maximum absolute atomic E-state index is 6.04. The topological polar surface area (TPSA) is 26.0 Å². The van der Waals surface area contributed by atoms with Gasteiger partial charge >= 0.3 is 0 Å². The van der Waals surface area contributed by atoms with Crippen LogP contribution in [0.2, 0.25) is 10.0 Å². The number of oxazole rings is 1. The molecule has 4 heteroatoms. The second-order valence-electron chi connectivity index (χ2n) is 3.62. The van der Waals surface area contributed by atoms with Crippen LogP contribution in [0.4, 0.5) is 0 Å². The lowest BCUT2D eigenvalue weighted by atomic mass is 10.2. The monoisotopic (exact) mass is 263 g/mol. The van der Waals surface area contributed by atoms with E-state index in [1.807, 2.05) is 30.3 Å². The molecule has 0 spiro atoms. The zero-order valence-electron chi connectivity index (χ0n) is 8.65. The van der Waals surface area contributed by atoms with Crippen LogP contribution in [0.25, 0.3) is 22.6 Å². The van der Waals surface area contributed by atoms with Gasteiger partial charge in [0.15, 0.2) is 5.58 Å². The number of benzene rings is 2. The summed E-state index contributed by atoms with van der Waals surface area (Å²) < 4.78 is 5.64. The summed E-state index contributed by atoms with van der Waals surface area (Å²) in [6.45, 7) is 0. The number of rotatable bonds is 1. The zero-order valence-corrected chi connectivity index (χ0v) is 10.2. The average Bonchev–Trinajstić information content (AvgIpc) is 2.74. The fourth-order valence-corrected chi connectivity index (χ4v) is 2.19. The molecule has 3 rings (SSSR count). The third kappa shape index (κ3) is 1.90. The molecule has 0 fully saturated rings. The minimum absolute atomic E-state index is 0.474. The van der Waals surface area contributed by atoms with E-state index < -0.39 is 0 Å². The molecule has 0 radical (unpaired) electrons. The lowest BCUT2D eigenvalue weighted by Crippen LogP contribution is -1.74. The van der Waals surface area contributed by atoms with Crippen LogP contribution < -0.4 is 0 Å². The van der Waals surface area contributed by atoms with Gasteiger partial charge in [-0.05, 0) is 24.3 Å². The first kappa shape index (κ1) is 10.6. The van der Waals surface area contributed by atoms with E-state index in [9.17, 15) is 0 Å². The average molecular weight is 264 g/mol. The number of halogens is 2. The molecule has 0 saturated carbocycles. The van der Waals surface area contributed by atoms with Crippen molar-refractivity contribution < 1.29 is 4.42 Å². The van der Waals surface area contributed by atoms with E-state index in [1.165, 1.54) is 0 Å². The van der Waals surface area contributed by atoms with Gasteiger partial charge in [0.1, 0.15) is 5.52 Å². The fourth-order valence-electron chi connectivity index (χ4n) is 1.66. The van der Waals surface area contributed by atoms with E-state index >= 15 is 0 Å². The van der Waals surface area contributed by atoms with Crippen molar-refractivity contribution in [3.63, 3.8) is 0 Å². The molecule has 0 saturated heterocycles. The Morgan fingerprint density at radius 2 is 1.76 bits per heavy atom. The third-order valence-electron chi connectivity index (χ3n) is 2.43. The standard InChI is InChI=1S/C13H7Cl2NO/c14-9-6-10(15)12-11(7-9)16-13(17-12)8-4-2-1-3-5-8/h1-7H. The first-order valence-corrected chi connectivity index (χ1v) is 5.80. The molecule has 0 bridgehead atoms. The molecule has 0 aliphatic heterocycles. The SMILES string of the molecule is Clc1cc(Cl)c2oc(-c3ccccc3)nc2c1. The van der Waals surface area contributed by atoms with Gasteiger partial charge in [-0.2, -0.15) is 0 Å². The molecular weight excluding hydrogens is 257 g/mol. The number of aromatic nitrogens is 1. The summed E-state index contributed by atoms with van der Waals surface area (Å²) >= 11 is 12.0. The highest BCUT2D eigenvalue weighted by Gasteiger charge is 2.11. The summed E-state index contributed by atoms with van der Waals surface area (Å²) in [5, 5.41) is 1.03. The van der Waals surface area contributed by atoms with Crippen molar-refractivity contribution in [2.24, 2.45) is 0 Å². The van der Waals surface area contributed by atoms with Crippen LogP contribution in [0.3, 0.4) is 0 Å². The maximum Gasteiger partial charge on any atom is 0.227 e. The molecule has 2 aromatic carbocycles. The van der Waals surface area contributed by atoms with E-state index in [0.717, 1.165) is 5.56 Å². The Hall–Kier alpha value is -1.51. The van der Waals surface area contributed by atoms with Crippen LogP contribution in [0.1, 0.15) is 0 Å². The van der Waals surface area contributed by atoms with Gasteiger partial charge in [-0.25, -0.2) is 4.98 Å². The van der Waals surface area contributed by atoms with Crippen LogP contribution in [-0.4, -0.2) is 4.98 Å². The highest BCUT2D eigenvalue weighted by Crippen LogP contribution is 2.31. The number of fused-ring (bicyclic) bond motifs is 1. The lowest BCUT2D eigenvalue weighted by Gasteiger charge is -1.92. The van der Waals surface area contributed by atoms with E-state index in [4.69, 9.17) is 27.6 Å². The van der Waals surface area contributed by atoms with Crippen molar-refractivity contribution in [1.29, 1.82) is 0 Å². The van der Waals surface area contributed by atoms with E-state index in [2.05, 4.69) is 4.98 Å².